The van der Waals surface area contributed by atoms with Gasteiger partial charge in [-0.1, -0.05) is 11.6 Å². The molecule has 0 spiro atoms. The van der Waals surface area contributed by atoms with Crippen LogP contribution in [0.3, 0.4) is 0 Å². The van der Waals surface area contributed by atoms with E-state index in [0.717, 1.165) is 6.07 Å². The van der Waals surface area contributed by atoms with E-state index in [1.54, 1.807) is 6.92 Å². The van der Waals surface area contributed by atoms with Gasteiger partial charge >= 0.3 is 11.9 Å². The van der Waals surface area contributed by atoms with E-state index in [1.807, 2.05) is 0 Å². The highest BCUT2D eigenvalue weighted by molar-refractivity contribution is 6.33. The minimum Gasteiger partial charge on any atom is -0.465 e. The van der Waals surface area contributed by atoms with Crippen LogP contribution < -0.4 is 0 Å². The summed E-state index contributed by atoms with van der Waals surface area (Å²) in [6.07, 6.45) is 0. The quantitative estimate of drug-likeness (QED) is 0.460. The summed E-state index contributed by atoms with van der Waals surface area (Å²) in [4.78, 5) is 33.6. The van der Waals surface area contributed by atoms with Crippen molar-refractivity contribution < 1.29 is 28.4 Å². The van der Waals surface area contributed by atoms with Crippen molar-refractivity contribution in [3.63, 3.8) is 0 Å². The second-order valence-electron chi connectivity index (χ2n) is 4.67. The Morgan fingerprint density at radius 2 is 1.96 bits per heavy atom. The molecule has 0 N–H and O–H groups in total. The van der Waals surface area contributed by atoms with E-state index < -0.39 is 16.9 Å². The standard InChI is InChI=1S/C15H12ClNO7/c1-8-11(14(18)22-2)6-10(24-8)7-23-15(19)12-5-9(17(20)21)3-4-13(12)16/h3-6H,7H2,1-2H3. The lowest BCUT2D eigenvalue weighted by atomic mass is 10.2. The number of hydrogen-bond donors (Lipinski definition) is 0. The number of rotatable bonds is 5. The fourth-order valence-electron chi connectivity index (χ4n) is 1.93. The molecule has 9 heteroatoms. The largest absolute Gasteiger partial charge is 0.465 e. The van der Waals surface area contributed by atoms with Crippen LogP contribution in [0.5, 0.6) is 0 Å². The number of carbonyl (C=O) groups is 2. The molecule has 0 amide bonds. The summed E-state index contributed by atoms with van der Waals surface area (Å²) in [5.74, 6) is -0.878. The SMILES string of the molecule is COC(=O)c1cc(COC(=O)c2cc([N+](=O)[O-])ccc2Cl)oc1C. The number of nitrogens with zero attached hydrogens (tertiary/aromatic N) is 1. The second-order valence-corrected chi connectivity index (χ2v) is 5.08. The summed E-state index contributed by atoms with van der Waals surface area (Å²) < 4.78 is 14.9. The van der Waals surface area contributed by atoms with E-state index >= 15 is 0 Å². The monoisotopic (exact) mass is 353 g/mol. The van der Waals surface area contributed by atoms with Crippen LogP contribution in [0.1, 0.15) is 32.2 Å². The third-order valence-electron chi connectivity index (χ3n) is 3.10. The first-order valence-electron chi connectivity index (χ1n) is 6.62. The molecule has 0 aliphatic carbocycles. The molecule has 1 aromatic carbocycles. The van der Waals surface area contributed by atoms with Crippen LogP contribution in [0, 0.1) is 17.0 Å². The van der Waals surface area contributed by atoms with Crippen LogP contribution in [0.4, 0.5) is 5.69 Å². The lowest BCUT2D eigenvalue weighted by Gasteiger charge is -2.04. The van der Waals surface area contributed by atoms with Gasteiger partial charge in [0.05, 0.1) is 22.6 Å². The number of ether oxygens (including phenoxy) is 2. The molecule has 24 heavy (non-hydrogen) atoms. The highest BCUT2D eigenvalue weighted by Gasteiger charge is 2.19. The van der Waals surface area contributed by atoms with Crippen molar-refractivity contribution in [3.8, 4) is 0 Å². The van der Waals surface area contributed by atoms with Crippen molar-refractivity contribution >= 4 is 29.2 Å². The number of non-ortho nitro benzene ring substituents is 1. The fourth-order valence-corrected chi connectivity index (χ4v) is 2.12. The molecule has 0 bridgehead atoms. The van der Waals surface area contributed by atoms with Gasteiger partial charge in [-0.05, 0) is 19.1 Å². The zero-order chi connectivity index (χ0) is 17.9. The van der Waals surface area contributed by atoms with Gasteiger partial charge in [0.15, 0.2) is 0 Å². The van der Waals surface area contributed by atoms with Gasteiger partial charge in [-0.25, -0.2) is 9.59 Å². The third kappa shape index (κ3) is 3.72. The number of carbonyl (C=O) groups excluding carboxylic acids is 2. The maximum Gasteiger partial charge on any atom is 0.341 e. The lowest BCUT2D eigenvalue weighted by Crippen LogP contribution is -2.06. The van der Waals surface area contributed by atoms with Crippen LogP contribution in [0.15, 0.2) is 28.7 Å². The van der Waals surface area contributed by atoms with E-state index in [-0.39, 0.29) is 34.2 Å². The van der Waals surface area contributed by atoms with E-state index in [9.17, 15) is 19.7 Å². The molecule has 2 rings (SSSR count). The molecule has 0 saturated carbocycles. The van der Waals surface area contributed by atoms with E-state index in [0.29, 0.717) is 5.76 Å². The van der Waals surface area contributed by atoms with Crippen LogP contribution in [-0.2, 0) is 16.1 Å². The van der Waals surface area contributed by atoms with E-state index in [4.69, 9.17) is 20.8 Å². The van der Waals surface area contributed by atoms with Crippen LogP contribution in [-0.4, -0.2) is 24.0 Å². The Bertz CT molecular complexity index is 812. The molecule has 0 unspecified atom stereocenters. The summed E-state index contributed by atoms with van der Waals surface area (Å²) in [5.41, 5.74) is -0.201. The number of furan rings is 1. The van der Waals surface area contributed by atoms with Crippen molar-refractivity contribution in [2.75, 3.05) is 7.11 Å². The van der Waals surface area contributed by atoms with Gasteiger partial charge < -0.3 is 13.9 Å². The molecule has 0 radical (unpaired) electrons. The lowest BCUT2D eigenvalue weighted by molar-refractivity contribution is -0.384. The molecule has 126 valence electrons. The summed E-state index contributed by atoms with van der Waals surface area (Å²) >= 11 is 5.86. The second kappa shape index (κ2) is 7.14. The minimum absolute atomic E-state index is 0.0245. The molecule has 0 aliphatic heterocycles. The maximum absolute atomic E-state index is 12.0. The zero-order valence-corrected chi connectivity index (χ0v) is 13.5. The highest BCUT2D eigenvalue weighted by Crippen LogP contribution is 2.23. The Balaban J connectivity index is 2.13. The Kier molecular flexibility index (Phi) is 5.20. The molecule has 1 heterocycles. The Morgan fingerprint density at radius 1 is 1.25 bits per heavy atom. The van der Waals surface area contributed by atoms with Gasteiger partial charge in [-0.3, -0.25) is 10.1 Å². The maximum atomic E-state index is 12.0. The van der Waals surface area contributed by atoms with Crippen LogP contribution in [0.25, 0.3) is 0 Å². The average Bonchev–Trinajstić information content (AvgIpc) is 2.93. The van der Waals surface area contributed by atoms with E-state index in [1.165, 1.54) is 25.3 Å². The summed E-state index contributed by atoms with van der Waals surface area (Å²) in [5, 5.41) is 10.8. The molecule has 2 aromatic rings. The number of aryl methyl sites for hydroxylation is 1. The molecular formula is C15H12ClNO7. The number of nitro benzene ring substituents is 1. The Morgan fingerprint density at radius 3 is 2.58 bits per heavy atom. The zero-order valence-electron chi connectivity index (χ0n) is 12.7. The first-order chi connectivity index (χ1) is 11.3. The molecule has 8 nitrogen and oxygen atoms in total. The predicted molar refractivity (Wildman–Crippen MR) is 82.0 cm³/mol. The van der Waals surface area contributed by atoms with Crippen molar-refractivity contribution in [2.45, 2.75) is 13.5 Å². The summed E-state index contributed by atoms with van der Waals surface area (Å²) in [6.45, 7) is 1.30. The van der Waals surface area contributed by atoms with Gasteiger partial charge in [0.1, 0.15) is 23.7 Å². The van der Waals surface area contributed by atoms with Gasteiger partial charge in [0, 0.05) is 12.1 Å². The molecular weight excluding hydrogens is 342 g/mol. The van der Waals surface area contributed by atoms with Gasteiger partial charge in [0.25, 0.3) is 5.69 Å². The van der Waals surface area contributed by atoms with Gasteiger partial charge in [-0.15, -0.1) is 0 Å². The number of halogens is 1. The van der Waals surface area contributed by atoms with Crippen molar-refractivity contribution in [2.24, 2.45) is 0 Å². The summed E-state index contributed by atoms with van der Waals surface area (Å²) in [7, 11) is 1.23. The first-order valence-corrected chi connectivity index (χ1v) is 7.00. The highest BCUT2D eigenvalue weighted by atomic mass is 35.5. The molecule has 0 saturated heterocycles. The fraction of sp³-hybridized carbons (Fsp3) is 0.200. The predicted octanol–water partition coefficient (Wildman–Crippen LogP) is 3.29. The number of methoxy groups -OCH3 is 1. The van der Waals surface area contributed by atoms with Crippen molar-refractivity contribution in [1.29, 1.82) is 0 Å². The van der Waals surface area contributed by atoms with Crippen LogP contribution in [0.2, 0.25) is 5.02 Å². The minimum atomic E-state index is -0.850. The average molecular weight is 354 g/mol. The third-order valence-corrected chi connectivity index (χ3v) is 3.43. The molecule has 0 atom stereocenters. The number of hydrogen-bond acceptors (Lipinski definition) is 7. The van der Waals surface area contributed by atoms with Crippen LogP contribution >= 0.6 is 11.6 Å². The van der Waals surface area contributed by atoms with Gasteiger partial charge in [-0.2, -0.15) is 0 Å². The normalized spacial score (nSPS) is 10.3. The number of esters is 2. The topological polar surface area (TPSA) is 109 Å². The Hall–Kier alpha value is -2.87. The molecule has 0 fully saturated rings. The summed E-state index contributed by atoms with van der Waals surface area (Å²) in [6, 6.07) is 4.84. The van der Waals surface area contributed by atoms with Crippen molar-refractivity contribution in [3.05, 3.63) is 62.0 Å². The van der Waals surface area contributed by atoms with Crippen molar-refractivity contribution in [1.82, 2.24) is 0 Å². The number of nitro groups is 1. The van der Waals surface area contributed by atoms with E-state index in [2.05, 4.69) is 4.74 Å². The van der Waals surface area contributed by atoms with Gasteiger partial charge in [0.2, 0.25) is 0 Å². The molecule has 1 aromatic heterocycles. The Labute approximate surface area is 141 Å². The molecule has 0 aliphatic rings. The number of benzene rings is 1. The smallest absolute Gasteiger partial charge is 0.341 e. The first kappa shape index (κ1) is 17.5.